The number of carbonyl (C=O) groups is 1. The van der Waals surface area contributed by atoms with Gasteiger partial charge in [-0.1, -0.05) is 0 Å². The topological polar surface area (TPSA) is 56.9 Å². The molecule has 5 nitrogen and oxygen atoms in total. The molecule has 0 amide bonds. The van der Waals surface area contributed by atoms with Crippen LogP contribution in [0.3, 0.4) is 0 Å². The molecule has 0 N–H and O–H groups in total. The van der Waals surface area contributed by atoms with Crippen molar-refractivity contribution in [3.8, 4) is 11.5 Å². The molecular weight excluding hydrogens is 242 g/mol. The molecule has 0 atom stereocenters. The van der Waals surface area contributed by atoms with E-state index < -0.39 is 0 Å². The summed E-state index contributed by atoms with van der Waals surface area (Å²) in [7, 11) is 3.58. The fraction of sp³-hybridized carbons (Fsp3) is 0.357. The number of nitrogens with zero attached hydrogens (tertiary/aromatic N) is 3. The van der Waals surface area contributed by atoms with Crippen molar-refractivity contribution in [1.82, 2.24) is 14.1 Å². The molecule has 2 aromatic heterocycles. The number of Topliss-reactive ketones (excluding diaryl/α,β-unsaturated/α-hetero) is 1. The number of aryl methyl sites for hydroxylation is 1. The van der Waals surface area contributed by atoms with Crippen LogP contribution < -0.4 is 5.56 Å². The molecule has 0 radical (unpaired) electrons. The number of hydrogen-bond donors (Lipinski definition) is 0. The van der Waals surface area contributed by atoms with Crippen LogP contribution in [-0.4, -0.2) is 19.9 Å². The van der Waals surface area contributed by atoms with E-state index in [0.29, 0.717) is 11.4 Å². The second kappa shape index (κ2) is 4.50. The molecule has 0 aromatic carbocycles. The van der Waals surface area contributed by atoms with Crippen LogP contribution >= 0.6 is 0 Å². The Kier molecular flexibility index (Phi) is 3.14. The Labute approximate surface area is 111 Å². The van der Waals surface area contributed by atoms with E-state index in [1.165, 1.54) is 11.5 Å². The maximum absolute atomic E-state index is 12.2. The summed E-state index contributed by atoms with van der Waals surface area (Å²) in [6, 6.07) is 3.85. The van der Waals surface area contributed by atoms with Crippen molar-refractivity contribution in [2.24, 2.45) is 14.1 Å². The van der Waals surface area contributed by atoms with E-state index in [1.54, 1.807) is 14.0 Å². The van der Waals surface area contributed by atoms with Gasteiger partial charge in [-0.25, -0.2) is 4.98 Å². The number of hydrogen-bond acceptors (Lipinski definition) is 3. The minimum atomic E-state index is -0.192. The Morgan fingerprint density at radius 2 is 1.79 bits per heavy atom. The lowest BCUT2D eigenvalue weighted by atomic mass is 10.2. The van der Waals surface area contributed by atoms with Crippen molar-refractivity contribution < 1.29 is 4.79 Å². The quantitative estimate of drug-likeness (QED) is 0.770. The lowest BCUT2D eigenvalue weighted by molar-refractivity contribution is 0.101. The van der Waals surface area contributed by atoms with E-state index in [9.17, 15) is 9.59 Å². The highest BCUT2D eigenvalue weighted by molar-refractivity contribution is 5.93. The van der Waals surface area contributed by atoms with Gasteiger partial charge in [-0.05, 0) is 26.0 Å². The van der Waals surface area contributed by atoms with Gasteiger partial charge < -0.3 is 4.57 Å². The van der Waals surface area contributed by atoms with Gasteiger partial charge in [-0.15, -0.1) is 0 Å². The monoisotopic (exact) mass is 259 g/mol. The number of carbonyl (C=O) groups excluding carboxylic acids is 1. The summed E-state index contributed by atoms with van der Waals surface area (Å²) in [6.45, 7) is 5.03. The molecule has 5 heteroatoms. The van der Waals surface area contributed by atoms with Gasteiger partial charge in [-0.2, -0.15) is 0 Å². The predicted octanol–water partition coefficient (Wildman–Crippen LogP) is 1.61. The van der Waals surface area contributed by atoms with Crippen LogP contribution in [0.1, 0.15) is 28.7 Å². The minimum absolute atomic E-state index is 0.186. The Morgan fingerprint density at radius 3 is 2.26 bits per heavy atom. The smallest absolute Gasteiger partial charge is 0.257 e. The molecule has 0 bridgehead atoms. The zero-order chi connectivity index (χ0) is 14.3. The van der Waals surface area contributed by atoms with E-state index in [-0.39, 0.29) is 17.0 Å². The van der Waals surface area contributed by atoms with Crippen LogP contribution in [-0.2, 0) is 14.1 Å². The first-order valence-electron chi connectivity index (χ1n) is 6.05. The third-order valence-electron chi connectivity index (χ3n) is 3.45. The van der Waals surface area contributed by atoms with Crippen LogP contribution in [0.15, 0.2) is 16.9 Å². The first kappa shape index (κ1) is 13.3. The fourth-order valence-electron chi connectivity index (χ4n) is 2.12. The molecule has 0 aliphatic rings. The average molecular weight is 259 g/mol. The van der Waals surface area contributed by atoms with E-state index in [0.717, 1.165) is 11.4 Å². The van der Waals surface area contributed by atoms with Crippen molar-refractivity contribution in [1.29, 1.82) is 0 Å². The Balaban J connectivity index is 2.82. The first-order chi connectivity index (χ1) is 8.84. The summed E-state index contributed by atoms with van der Waals surface area (Å²) in [5, 5.41) is 0. The van der Waals surface area contributed by atoms with Crippen molar-refractivity contribution in [2.45, 2.75) is 20.8 Å². The molecule has 2 heterocycles. The van der Waals surface area contributed by atoms with Crippen molar-refractivity contribution in [3.63, 3.8) is 0 Å². The minimum Gasteiger partial charge on any atom is -0.345 e. The van der Waals surface area contributed by atoms with Gasteiger partial charge >= 0.3 is 0 Å². The van der Waals surface area contributed by atoms with E-state index in [2.05, 4.69) is 4.98 Å². The second-order valence-electron chi connectivity index (χ2n) is 4.75. The maximum atomic E-state index is 12.2. The van der Waals surface area contributed by atoms with Crippen LogP contribution in [0.4, 0.5) is 0 Å². The summed E-state index contributed by atoms with van der Waals surface area (Å²) in [5.74, 6) is 0.318. The molecule has 100 valence electrons. The molecule has 0 spiro atoms. The zero-order valence-corrected chi connectivity index (χ0v) is 11.8. The van der Waals surface area contributed by atoms with E-state index in [4.69, 9.17) is 0 Å². The fourth-order valence-corrected chi connectivity index (χ4v) is 2.12. The standard InChI is InChI=1S/C14H17N3O2/c1-8-6-7-11(16(8)4)13-15-12(10(3)18)9(2)14(19)17(13)5/h6-7H,1-5H3. The molecule has 0 aliphatic carbocycles. The molecule has 0 saturated heterocycles. The Hall–Kier alpha value is -2.17. The number of rotatable bonds is 2. The Morgan fingerprint density at radius 1 is 1.16 bits per heavy atom. The van der Waals surface area contributed by atoms with Crippen molar-refractivity contribution in [3.05, 3.63) is 39.4 Å². The molecule has 0 aliphatic heterocycles. The zero-order valence-electron chi connectivity index (χ0n) is 11.8. The molecular formula is C14H17N3O2. The van der Waals surface area contributed by atoms with Crippen molar-refractivity contribution >= 4 is 5.78 Å². The number of aromatic nitrogens is 3. The van der Waals surface area contributed by atoms with Crippen molar-refractivity contribution in [2.75, 3.05) is 0 Å². The van der Waals surface area contributed by atoms with Gasteiger partial charge in [-0.3, -0.25) is 14.2 Å². The van der Waals surface area contributed by atoms with Crippen LogP contribution in [0, 0.1) is 13.8 Å². The van der Waals surface area contributed by atoms with E-state index >= 15 is 0 Å². The van der Waals surface area contributed by atoms with Gasteiger partial charge in [0.25, 0.3) is 5.56 Å². The maximum Gasteiger partial charge on any atom is 0.257 e. The lowest BCUT2D eigenvalue weighted by Gasteiger charge is -2.12. The highest BCUT2D eigenvalue weighted by atomic mass is 16.1. The van der Waals surface area contributed by atoms with Gasteiger partial charge in [0.05, 0.1) is 5.69 Å². The molecule has 2 aromatic rings. The molecule has 0 unspecified atom stereocenters. The summed E-state index contributed by atoms with van der Waals surface area (Å²) in [4.78, 5) is 28.1. The van der Waals surface area contributed by atoms with Gasteiger partial charge in [0, 0.05) is 32.3 Å². The van der Waals surface area contributed by atoms with Crippen LogP contribution in [0.2, 0.25) is 0 Å². The van der Waals surface area contributed by atoms with Crippen LogP contribution in [0.25, 0.3) is 11.5 Å². The van der Waals surface area contributed by atoms with E-state index in [1.807, 2.05) is 30.7 Å². The molecule has 0 saturated carbocycles. The SMILES string of the molecule is CC(=O)c1nc(-c2ccc(C)n2C)n(C)c(=O)c1C. The summed E-state index contributed by atoms with van der Waals surface area (Å²) in [5.41, 5.74) is 2.34. The predicted molar refractivity (Wildman–Crippen MR) is 73.4 cm³/mol. The highest BCUT2D eigenvalue weighted by Gasteiger charge is 2.17. The first-order valence-corrected chi connectivity index (χ1v) is 6.05. The molecule has 2 rings (SSSR count). The Bertz CT molecular complexity index is 723. The summed E-state index contributed by atoms with van der Waals surface area (Å²) in [6.07, 6.45) is 0. The lowest BCUT2D eigenvalue weighted by Crippen LogP contribution is -2.26. The largest absolute Gasteiger partial charge is 0.345 e. The third-order valence-corrected chi connectivity index (χ3v) is 3.45. The summed E-state index contributed by atoms with van der Waals surface area (Å²) < 4.78 is 3.43. The van der Waals surface area contributed by atoms with Crippen LogP contribution in [0.5, 0.6) is 0 Å². The normalized spacial score (nSPS) is 10.8. The summed E-state index contributed by atoms with van der Waals surface area (Å²) >= 11 is 0. The molecule has 0 fully saturated rings. The second-order valence-corrected chi connectivity index (χ2v) is 4.75. The third kappa shape index (κ3) is 2.01. The van der Waals surface area contributed by atoms with Gasteiger partial charge in [0.1, 0.15) is 5.69 Å². The van der Waals surface area contributed by atoms with Gasteiger partial charge in [0.15, 0.2) is 11.6 Å². The average Bonchev–Trinajstić information content (AvgIpc) is 2.68. The van der Waals surface area contributed by atoms with Gasteiger partial charge in [0.2, 0.25) is 0 Å². The highest BCUT2D eigenvalue weighted by Crippen LogP contribution is 2.19. The molecule has 19 heavy (non-hydrogen) atoms. The number of ketones is 1.